The van der Waals surface area contributed by atoms with Crippen LogP contribution >= 0.6 is 11.8 Å². The Morgan fingerprint density at radius 2 is 2.40 bits per heavy atom. The lowest BCUT2D eigenvalue weighted by molar-refractivity contribution is 0.514. The number of thioether (sulfide) groups is 1. The third kappa shape index (κ3) is 1.66. The fourth-order valence-electron chi connectivity index (χ4n) is 1.23. The van der Waals surface area contributed by atoms with Crippen molar-refractivity contribution < 1.29 is 0 Å². The van der Waals surface area contributed by atoms with Crippen molar-refractivity contribution in [2.75, 3.05) is 19.3 Å². The van der Waals surface area contributed by atoms with Crippen LogP contribution in [0.4, 0.5) is 0 Å². The summed E-state index contributed by atoms with van der Waals surface area (Å²) in [5.41, 5.74) is 0. The molecule has 0 spiro atoms. The minimum Gasteiger partial charge on any atom is -0.360 e. The van der Waals surface area contributed by atoms with E-state index in [0.29, 0.717) is 0 Å². The first-order valence-corrected chi connectivity index (χ1v) is 4.85. The number of amidine groups is 1. The van der Waals surface area contributed by atoms with Crippen LogP contribution in [0.25, 0.3) is 0 Å². The molecule has 0 aromatic rings. The van der Waals surface area contributed by atoms with Crippen LogP contribution in [0.5, 0.6) is 0 Å². The molecule has 0 radical (unpaired) electrons. The van der Waals surface area contributed by atoms with E-state index in [2.05, 4.69) is 11.2 Å². The molecule has 1 atom stereocenters. The van der Waals surface area contributed by atoms with Crippen molar-refractivity contribution in [3.8, 4) is 0 Å². The van der Waals surface area contributed by atoms with Crippen molar-refractivity contribution in [2.24, 2.45) is 0 Å². The molecule has 1 aliphatic rings. The van der Waals surface area contributed by atoms with E-state index in [-0.39, 0.29) is 0 Å². The van der Waals surface area contributed by atoms with Gasteiger partial charge < -0.3 is 4.90 Å². The lowest BCUT2D eigenvalue weighted by Crippen LogP contribution is -2.25. The predicted octanol–water partition coefficient (Wildman–Crippen LogP) is 1.42. The van der Waals surface area contributed by atoms with Crippen LogP contribution in [0.15, 0.2) is 0 Å². The van der Waals surface area contributed by atoms with Crippen molar-refractivity contribution in [3.63, 3.8) is 0 Å². The van der Waals surface area contributed by atoms with Crippen LogP contribution in [-0.4, -0.2) is 35.3 Å². The van der Waals surface area contributed by atoms with Gasteiger partial charge in [-0.3, -0.25) is 5.41 Å². The van der Waals surface area contributed by atoms with E-state index in [9.17, 15) is 0 Å². The van der Waals surface area contributed by atoms with E-state index >= 15 is 0 Å². The van der Waals surface area contributed by atoms with E-state index in [0.717, 1.165) is 24.2 Å². The fourth-order valence-corrected chi connectivity index (χ4v) is 1.90. The molecule has 2 nitrogen and oxygen atoms in total. The molecule has 1 fully saturated rings. The zero-order valence-electron chi connectivity index (χ0n) is 6.55. The summed E-state index contributed by atoms with van der Waals surface area (Å²) in [6.45, 7) is 4.03. The van der Waals surface area contributed by atoms with Crippen LogP contribution in [-0.2, 0) is 0 Å². The first kappa shape index (κ1) is 7.92. The summed E-state index contributed by atoms with van der Waals surface area (Å²) in [5, 5.41) is 8.14. The molecular weight excluding hydrogens is 144 g/mol. The van der Waals surface area contributed by atoms with Gasteiger partial charge in [-0.1, -0.05) is 0 Å². The number of hydrogen-bond donors (Lipinski definition) is 1. The molecule has 1 saturated heterocycles. The van der Waals surface area contributed by atoms with Crippen molar-refractivity contribution in [1.29, 1.82) is 5.41 Å². The van der Waals surface area contributed by atoms with Gasteiger partial charge in [0.05, 0.1) is 5.84 Å². The van der Waals surface area contributed by atoms with E-state index in [1.165, 1.54) is 6.42 Å². The topological polar surface area (TPSA) is 27.1 Å². The Kier molecular flexibility index (Phi) is 2.60. The van der Waals surface area contributed by atoms with Crippen LogP contribution in [0, 0.1) is 5.41 Å². The highest BCUT2D eigenvalue weighted by Crippen LogP contribution is 2.19. The van der Waals surface area contributed by atoms with Gasteiger partial charge in [-0.25, -0.2) is 0 Å². The molecule has 0 bridgehead atoms. The monoisotopic (exact) mass is 158 g/mol. The lowest BCUT2D eigenvalue weighted by atomic mass is 10.4. The highest BCUT2D eigenvalue weighted by atomic mass is 32.2. The van der Waals surface area contributed by atoms with Crippen molar-refractivity contribution >= 4 is 17.6 Å². The van der Waals surface area contributed by atoms with Crippen molar-refractivity contribution in [1.82, 2.24) is 4.90 Å². The summed E-state index contributed by atoms with van der Waals surface area (Å²) in [6.07, 6.45) is 3.39. The second-order valence-electron chi connectivity index (χ2n) is 2.68. The van der Waals surface area contributed by atoms with Gasteiger partial charge in [-0.05, 0) is 19.6 Å². The molecule has 1 N–H and O–H groups in total. The maximum atomic E-state index is 7.37. The molecule has 10 heavy (non-hydrogen) atoms. The largest absolute Gasteiger partial charge is 0.360 e. The van der Waals surface area contributed by atoms with Gasteiger partial charge in [0.25, 0.3) is 0 Å². The van der Waals surface area contributed by atoms with E-state index in [1.54, 1.807) is 0 Å². The molecule has 0 aliphatic carbocycles. The Labute approximate surface area is 66.5 Å². The maximum Gasteiger partial charge on any atom is 0.0926 e. The van der Waals surface area contributed by atoms with E-state index in [4.69, 9.17) is 5.41 Å². The normalized spacial score (nSPS) is 25.4. The lowest BCUT2D eigenvalue weighted by Gasteiger charge is -2.15. The molecule has 0 aromatic carbocycles. The molecule has 1 heterocycles. The van der Waals surface area contributed by atoms with Crippen LogP contribution in [0.2, 0.25) is 0 Å². The quantitative estimate of drug-likeness (QED) is 0.461. The summed E-state index contributed by atoms with van der Waals surface area (Å²) in [6, 6.07) is 0. The Morgan fingerprint density at radius 3 is 2.70 bits per heavy atom. The molecule has 1 unspecified atom stereocenters. The van der Waals surface area contributed by atoms with Gasteiger partial charge in [0.1, 0.15) is 0 Å². The van der Waals surface area contributed by atoms with E-state index in [1.807, 2.05) is 18.7 Å². The maximum absolute atomic E-state index is 7.37. The van der Waals surface area contributed by atoms with Gasteiger partial charge >= 0.3 is 0 Å². The predicted molar refractivity (Wildman–Crippen MR) is 46.9 cm³/mol. The Balaban J connectivity index is 2.35. The minimum absolute atomic E-state index is 0.719. The van der Waals surface area contributed by atoms with Crippen molar-refractivity contribution in [3.05, 3.63) is 0 Å². The summed E-state index contributed by atoms with van der Waals surface area (Å²) in [5.74, 6) is 0.719. The molecular formula is C7H14N2S. The van der Waals surface area contributed by atoms with Gasteiger partial charge in [-0.2, -0.15) is 11.8 Å². The average Bonchev–Trinajstić information content (AvgIpc) is 2.34. The van der Waals surface area contributed by atoms with Crippen LogP contribution in [0.1, 0.15) is 13.3 Å². The number of nitrogens with zero attached hydrogens (tertiary/aromatic N) is 1. The smallest absolute Gasteiger partial charge is 0.0926 e. The summed E-state index contributed by atoms with van der Waals surface area (Å²) < 4.78 is 0. The third-order valence-corrected chi connectivity index (χ3v) is 3.00. The zero-order valence-corrected chi connectivity index (χ0v) is 7.37. The first-order chi connectivity index (χ1) is 4.74. The first-order valence-electron chi connectivity index (χ1n) is 3.57. The van der Waals surface area contributed by atoms with Gasteiger partial charge in [0.2, 0.25) is 0 Å². The Bertz CT molecular complexity index is 136. The summed E-state index contributed by atoms with van der Waals surface area (Å²) in [4.78, 5) is 2.14. The summed E-state index contributed by atoms with van der Waals surface area (Å²) >= 11 is 1.92. The SMILES string of the molecule is CSC1CCN(C(C)=N)C1. The Morgan fingerprint density at radius 1 is 1.70 bits per heavy atom. The number of nitrogens with one attached hydrogen (secondary N) is 1. The molecule has 0 saturated carbocycles. The van der Waals surface area contributed by atoms with Crippen LogP contribution < -0.4 is 0 Å². The molecule has 58 valence electrons. The highest BCUT2D eigenvalue weighted by Gasteiger charge is 2.21. The number of rotatable bonds is 1. The van der Waals surface area contributed by atoms with Crippen molar-refractivity contribution in [2.45, 2.75) is 18.6 Å². The molecule has 0 aromatic heterocycles. The second-order valence-corrected chi connectivity index (χ2v) is 3.82. The Hall–Kier alpha value is -0.180. The van der Waals surface area contributed by atoms with Crippen LogP contribution in [0.3, 0.4) is 0 Å². The minimum atomic E-state index is 0.719. The molecule has 0 amide bonds. The second kappa shape index (κ2) is 3.28. The third-order valence-electron chi connectivity index (χ3n) is 1.95. The number of likely N-dealkylation sites (tertiary alicyclic amines) is 1. The fraction of sp³-hybridized carbons (Fsp3) is 0.857. The number of hydrogen-bond acceptors (Lipinski definition) is 2. The summed E-state index contributed by atoms with van der Waals surface area (Å²) in [7, 11) is 0. The zero-order chi connectivity index (χ0) is 7.56. The van der Waals surface area contributed by atoms with Gasteiger partial charge in [-0.15, -0.1) is 0 Å². The van der Waals surface area contributed by atoms with Gasteiger partial charge in [0, 0.05) is 18.3 Å². The molecule has 1 aliphatic heterocycles. The average molecular weight is 158 g/mol. The molecule has 3 heteroatoms. The molecule has 1 rings (SSSR count). The standard InChI is InChI=1S/C7H14N2S/c1-6(8)9-4-3-7(5-9)10-2/h7-8H,3-5H2,1-2H3. The van der Waals surface area contributed by atoms with E-state index < -0.39 is 0 Å². The van der Waals surface area contributed by atoms with Gasteiger partial charge in [0.15, 0.2) is 0 Å². The highest BCUT2D eigenvalue weighted by molar-refractivity contribution is 7.99.